The summed E-state index contributed by atoms with van der Waals surface area (Å²) in [6, 6.07) is 11.1. The van der Waals surface area contributed by atoms with Gasteiger partial charge in [-0.2, -0.15) is 0 Å². The highest BCUT2D eigenvalue weighted by Crippen LogP contribution is 2.35. The summed E-state index contributed by atoms with van der Waals surface area (Å²) in [6.45, 7) is 2.39. The van der Waals surface area contributed by atoms with Gasteiger partial charge in [0, 0.05) is 22.5 Å². The SMILES string of the molecule is CCOc1cc(Cl)c(C(O)Cc2ccc(Br)cc2)cc1Cl. The zero-order valence-corrected chi connectivity index (χ0v) is 14.5. The molecule has 2 aromatic rings. The molecule has 0 aliphatic rings. The lowest BCUT2D eigenvalue weighted by molar-refractivity contribution is 0.178. The molecule has 1 atom stereocenters. The smallest absolute Gasteiger partial charge is 0.139 e. The first-order valence-electron chi connectivity index (χ1n) is 6.55. The fraction of sp³-hybridized carbons (Fsp3) is 0.250. The molecule has 0 fully saturated rings. The summed E-state index contributed by atoms with van der Waals surface area (Å²) < 4.78 is 6.38. The van der Waals surface area contributed by atoms with Crippen LogP contribution < -0.4 is 4.74 Å². The lowest BCUT2D eigenvalue weighted by Gasteiger charge is -2.15. The van der Waals surface area contributed by atoms with Gasteiger partial charge < -0.3 is 9.84 Å². The van der Waals surface area contributed by atoms with Gasteiger partial charge >= 0.3 is 0 Å². The molecule has 2 nitrogen and oxygen atoms in total. The van der Waals surface area contributed by atoms with Crippen LogP contribution in [0.5, 0.6) is 5.75 Å². The second kappa shape index (κ2) is 7.50. The third-order valence-electron chi connectivity index (χ3n) is 3.05. The van der Waals surface area contributed by atoms with Gasteiger partial charge in [-0.25, -0.2) is 0 Å². The van der Waals surface area contributed by atoms with E-state index in [9.17, 15) is 5.11 Å². The molecule has 0 amide bonds. The number of benzene rings is 2. The van der Waals surface area contributed by atoms with Crippen molar-refractivity contribution in [1.29, 1.82) is 0 Å². The van der Waals surface area contributed by atoms with E-state index in [0.717, 1.165) is 10.0 Å². The van der Waals surface area contributed by atoms with Crippen molar-refractivity contribution in [3.63, 3.8) is 0 Å². The van der Waals surface area contributed by atoms with Crippen LogP contribution in [0.2, 0.25) is 10.0 Å². The number of halogens is 3. The Morgan fingerprint density at radius 2 is 1.81 bits per heavy atom. The van der Waals surface area contributed by atoms with Gasteiger partial charge in [-0.05, 0) is 30.7 Å². The fourth-order valence-corrected chi connectivity index (χ4v) is 2.79. The maximum Gasteiger partial charge on any atom is 0.139 e. The van der Waals surface area contributed by atoms with Crippen LogP contribution in [0.25, 0.3) is 0 Å². The number of aliphatic hydroxyl groups excluding tert-OH is 1. The maximum atomic E-state index is 10.4. The molecule has 0 saturated heterocycles. The molecule has 2 aromatic carbocycles. The average Bonchev–Trinajstić information content (AvgIpc) is 2.45. The predicted molar refractivity (Wildman–Crippen MR) is 90.4 cm³/mol. The van der Waals surface area contributed by atoms with E-state index in [1.807, 2.05) is 31.2 Å². The Kier molecular flexibility index (Phi) is 5.94. The average molecular weight is 390 g/mol. The second-order valence-corrected chi connectivity index (χ2v) is 6.31. The van der Waals surface area contributed by atoms with Gasteiger partial charge in [-0.15, -0.1) is 0 Å². The lowest BCUT2D eigenvalue weighted by atomic mass is 10.0. The third-order valence-corrected chi connectivity index (χ3v) is 4.20. The Bertz CT molecular complexity index is 614. The summed E-state index contributed by atoms with van der Waals surface area (Å²) in [6.07, 6.45) is -0.246. The molecule has 0 aromatic heterocycles. The summed E-state index contributed by atoms with van der Waals surface area (Å²) in [5.41, 5.74) is 1.62. The summed E-state index contributed by atoms with van der Waals surface area (Å²) >= 11 is 15.7. The van der Waals surface area contributed by atoms with Crippen LogP contribution >= 0.6 is 39.1 Å². The molecule has 0 spiro atoms. The minimum Gasteiger partial charge on any atom is -0.492 e. The highest BCUT2D eigenvalue weighted by Gasteiger charge is 2.16. The standard InChI is InChI=1S/C16H15BrCl2O2/c1-2-21-16-9-13(18)12(8-14(16)19)15(20)7-10-3-5-11(17)6-4-10/h3-6,8-9,15,20H,2,7H2,1H3. The van der Waals surface area contributed by atoms with Crippen molar-refractivity contribution in [2.45, 2.75) is 19.4 Å². The molecule has 1 N–H and O–H groups in total. The van der Waals surface area contributed by atoms with Gasteiger partial charge in [0.1, 0.15) is 5.75 Å². The Morgan fingerprint density at radius 1 is 1.14 bits per heavy atom. The first-order valence-corrected chi connectivity index (χ1v) is 8.10. The molecule has 0 bridgehead atoms. The second-order valence-electron chi connectivity index (χ2n) is 4.58. The minimum atomic E-state index is -0.716. The summed E-state index contributed by atoms with van der Waals surface area (Å²) in [5.74, 6) is 0.531. The molecule has 0 heterocycles. The Labute approximate surface area is 142 Å². The predicted octanol–water partition coefficient (Wildman–Crippen LogP) is 5.43. The first-order chi connectivity index (χ1) is 10.0. The van der Waals surface area contributed by atoms with E-state index in [1.165, 1.54) is 0 Å². The number of ether oxygens (including phenoxy) is 1. The fourth-order valence-electron chi connectivity index (χ4n) is 2.02. The van der Waals surface area contributed by atoms with E-state index in [2.05, 4.69) is 15.9 Å². The van der Waals surface area contributed by atoms with Crippen molar-refractivity contribution >= 4 is 39.1 Å². The maximum absolute atomic E-state index is 10.4. The lowest BCUT2D eigenvalue weighted by Crippen LogP contribution is -2.03. The van der Waals surface area contributed by atoms with Gasteiger partial charge in [0.15, 0.2) is 0 Å². The van der Waals surface area contributed by atoms with Gasteiger partial charge in [-0.3, -0.25) is 0 Å². The van der Waals surface area contributed by atoms with E-state index in [1.54, 1.807) is 12.1 Å². The summed E-state index contributed by atoms with van der Waals surface area (Å²) in [5, 5.41) is 11.3. The van der Waals surface area contributed by atoms with E-state index in [-0.39, 0.29) is 0 Å². The summed E-state index contributed by atoms with van der Waals surface area (Å²) in [7, 11) is 0. The molecule has 1 unspecified atom stereocenters. The van der Waals surface area contributed by atoms with E-state index in [4.69, 9.17) is 27.9 Å². The zero-order chi connectivity index (χ0) is 15.4. The zero-order valence-electron chi connectivity index (χ0n) is 11.4. The van der Waals surface area contributed by atoms with Crippen molar-refractivity contribution in [3.05, 3.63) is 62.0 Å². The van der Waals surface area contributed by atoms with Crippen LogP contribution in [-0.2, 0) is 6.42 Å². The number of hydrogen-bond acceptors (Lipinski definition) is 2. The molecular weight excluding hydrogens is 375 g/mol. The molecule has 0 aliphatic heterocycles. The highest BCUT2D eigenvalue weighted by molar-refractivity contribution is 9.10. The molecule has 5 heteroatoms. The first kappa shape index (κ1) is 16.6. The van der Waals surface area contributed by atoms with E-state index in [0.29, 0.717) is 34.4 Å². The third kappa shape index (κ3) is 4.36. The molecule has 0 radical (unpaired) electrons. The van der Waals surface area contributed by atoms with Gasteiger partial charge in [-0.1, -0.05) is 51.3 Å². The van der Waals surface area contributed by atoms with Gasteiger partial charge in [0.05, 0.1) is 22.8 Å². The number of rotatable bonds is 5. The highest BCUT2D eigenvalue weighted by atomic mass is 79.9. The van der Waals surface area contributed by atoms with Crippen molar-refractivity contribution in [1.82, 2.24) is 0 Å². The summed E-state index contributed by atoms with van der Waals surface area (Å²) in [4.78, 5) is 0. The Morgan fingerprint density at radius 3 is 2.43 bits per heavy atom. The number of hydrogen-bond donors (Lipinski definition) is 1. The van der Waals surface area contributed by atoms with Crippen molar-refractivity contribution in [2.24, 2.45) is 0 Å². The van der Waals surface area contributed by atoms with Crippen LogP contribution in [0.4, 0.5) is 0 Å². The monoisotopic (exact) mass is 388 g/mol. The van der Waals surface area contributed by atoms with E-state index >= 15 is 0 Å². The minimum absolute atomic E-state index is 0.450. The van der Waals surface area contributed by atoms with Crippen molar-refractivity contribution < 1.29 is 9.84 Å². The topological polar surface area (TPSA) is 29.5 Å². The molecule has 112 valence electrons. The van der Waals surface area contributed by atoms with Gasteiger partial charge in [0.2, 0.25) is 0 Å². The van der Waals surface area contributed by atoms with Crippen molar-refractivity contribution in [3.8, 4) is 5.75 Å². The van der Waals surface area contributed by atoms with Crippen LogP contribution in [0.3, 0.4) is 0 Å². The van der Waals surface area contributed by atoms with E-state index < -0.39 is 6.10 Å². The normalized spacial score (nSPS) is 12.2. The molecule has 0 saturated carbocycles. The Balaban J connectivity index is 2.20. The Hall–Kier alpha value is -0.740. The molecule has 0 aliphatic carbocycles. The van der Waals surface area contributed by atoms with Crippen molar-refractivity contribution in [2.75, 3.05) is 6.61 Å². The van der Waals surface area contributed by atoms with Gasteiger partial charge in [0.25, 0.3) is 0 Å². The van der Waals surface area contributed by atoms with Crippen LogP contribution in [0.15, 0.2) is 40.9 Å². The largest absolute Gasteiger partial charge is 0.492 e. The van der Waals surface area contributed by atoms with Crippen LogP contribution in [0.1, 0.15) is 24.2 Å². The van der Waals surface area contributed by atoms with Crippen LogP contribution in [-0.4, -0.2) is 11.7 Å². The molecule has 2 rings (SSSR count). The number of aliphatic hydroxyl groups is 1. The quantitative estimate of drug-likeness (QED) is 0.738. The molecular formula is C16H15BrCl2O2. The molecule has 21 heavy (non-hydrogen) atoms. The van der Waals surface area contributed by atoms with Crippen LogP contribution in [0, 0.1) is 0 Å².